The predicted molar refractivity (Wildman–Crippen MR) is 78.5 cm³/mol. The number of aromatic amines is 1. The third-order valence-electron chi connectivity index (χ3n) is 4.22. The first-order valence-corrected chi connectivity index (χ1v) is 7.15. The van der Waals surface area contributed by atoms with Gasteiger partial charge in [0.1, 0.15) is 0 Å². The third-order valence-corrected chi connectivity index (χ3v) is 4.22. The number of benzene rings is 1. The van der Waals surface area contributed by atoms with Gasteiger partial charge in [-0.15, -0.1) is 0 Å². The first-order chi connectivity index (χ1) is 9.04. The van der Waals surface area contributed by atoms with Gasteiger partial charge in [-0.05, 0) is 47.3 Å². The van der Waals surface area contributed by atoms with Gasteiger partial charge in [0.05, 0.1) is 12.0 Å². The summed E-state index contributed by atoms with van der Waals surface area (Å²) in [5.41, 5.74) is 5.96. The molecule has 2 aromatic rings. The van der Waals surface area contributed by atoms with Gasteiger partial charge in [0.25, 0.3) is 0 Å². The molecule has 1 atom stereocenters. The van der Waals surface area contributed by atoms with Gasteiger partial charge in [-0.3, -0.25) is 0 Å². The van der Waals surface area contributed by atoms with Gasteiger partial charge in [-0.25, -0.2) is 4.98 Å². The molecule has 0 fully saturated rings. The summed E-state index contributed by atoms with van der Waals surface area (Å²) in [6, 6.07) is 7.07. The zero-order valence-electron chi connectivity index (χ0n) is 12.0. The lowest BCUT2D eigenvalue weighted by Crippen LogP contribution is -2.11. The Morgan fingerprint density at radius 1 is 1.32 bits per heavy atom. The molecular weight excluding hydrogens is 232 g/mol. The van der Waals surface area contributed by atoms with Crippen molar-refractivity contribution >= 4 is 0 Å². The third kappa shape index (κ3) is 2.44. The molecule has 1 aliphatic rings. The highest BCUT2D eigenvalue weighted by atomic mass is 14.9. The van der Waals surface area contributed by atoms with Crippen molar-refractivity contribution in [1.29, 1.82) is 0 Å². The zero-order valence-corrected chi connectivity index (χ0v) is 12.0. The molecule has 1 N–H and O–H groups in total. The van der Waals surface area contributed by atoms with Crippen LogP contribution in [0.4, 0.5) is 0 Å². The second-order valence-electron chi connectivity index (χ2n) is 6.66. The highest BCUT2D eigenvalue weighted by molar-refractivity contribution is 5.41. The molecule has 0 amide bonds. The van der Waals surface area contributed by atoms with E-state index in [4.69, 9.17) is 0 Å². The van der Waals surface area contributed by atoms with Crippen LogP contribution in [0.1, 0.15) is 55.5 Å². The maximum atomic E-state index is 4.35. The van der Waals surface area contributed by atoms with Gasteiger partial charge in [-0.2, -0.15) is 0 Å². The van der Waals surface area contributed by atoms with Crippen LogP contribution in [0.5, 0.6) is 0 Å². The minimum atomic E-state index is 0.245. The van der Waals surface area contributed by atoms with Crippen LogP contribution in [0.25, 0.3) is 0 Å². The van der Waals surface area contributed by atoms with Gasteiger partial charge in [0.2, 0.25) is 0 Å². The minimum absolute atomic E-state index is 0.245. The monoisotopic (exact) mass is 254 g/mol. The number of H-pyrrole nitrogens is 1. The number of nitrogens with zero attached hydrogens (tertiary/aromatic N) is 1. The highest BCUT2D eigenvalue weighted by Gasteiger charge is 2.25. The second-order valence-corrected chi connectivity index (χ2v) is 6.66. The zero-order chi connectivity index (χ0) is 13.5. The molecule has 3 rings (SSSR count). The molecule has 0 bridgehead atoms. The van der Waals surface area contributed by atoms with E-state index in [0.717, 1.165) is 6.42 Å². The summed E-state index contributed by atoms with van der Waals surface area (Å²) in [5.74, 6) is 0.646. The van der Waals surface area contributed by atoms with Gasteiger partial charge < -0.3 is 4.98 Å². The molecule has 1 heterocycles. The van der Waals surface area contributed by atoms with Gasteiger partial charge >= 0.3 is 0 Å². The van der Waals surface area contributed by atoms with Crippen LogP contribution in [0.15, 0.2) is 30.7 Å². The molecule has 2 heteroatoms. The molecule has 1 unspecified atom stereocenters. The van der Waals surface area contributed by atoms with Crippen molar-refractivity contribution in [3.8, 4) is 0 Å². The summed E-state index contributed by atoms with van der Waals surface area (Å²) in [5, 5.41) is 0. The topological polar surface area (TPSA) is 28.7 Å². The van der Waals surface area contributed by atoms with Crippen LogP contribution in [0.2, 0.25) is 0 Å². The fraction of sp³-hybridized carbons (Fsp3) is 0.471. The Labute approximate surface area is 115 Å². The van der Waals surface area contributed by atoms with Gasteiger partial charge in [0, 0.05) is 6.20 Å². The molecule has 2 nitrogen and oxygen atoms in total. The number of nitrogens with one attached hydrogen (secondary N) is 1. The number of hydrogen-bond acceptors (Lipinski definition) is 1. The van der Waals surface area contributed by atoms with Gasteiger partial charge in [0.15, 0.2) is 0 Å². The maximum absolute atomic E-state index is 4.35. The Kier molecular flexibility index (Phi) is 2.96. The van der Waals surface area contributed by atoms with E-state index in [9.17, 15) is 0 Å². The molecule has 0 saturated heterocycles. The maximum Gasteiger partial charge on any atom is 0.0923 e. The molecule has 1 aliphatic carbocycles. The normalized spacial score (nSPS) is 18.6. The Morgan fingerprint density at radius 2 is 2.16 bits per heavy atom. The van der Waals surface area contributed by atoms with E-state index in [0.29, 0.717) is 5.92 Å². The van der Waals surface area contributed by atoms with Crippen LogP contribution < -0.4 is 0 Å². The summed E-state index contributed by atoms with van der Waals surface area (Å²) in [6.45, 7) is 6.85. The quantitative estimate of drug-likeness (QED) is 0.862. The van der Waals surface area contributed by atoms with E-state index in [1.165, 1.54) is 29.7 Å². The summed E-state index contributed by atoms with van der Waals surface area (Å²) < 4.78 is 0. The Bertz CT molecular complexity index is 561. The largest absolute Gasteiger partial charge is 0.351 e. The predicted octanol–water partition coefficient (Wildman–Crippen LogP) is 3.98. The second kappa shape index (κ2) is 4.52. The van der Waals surface area contributed by atoms with Crippen LogP contribution >= 0.6 is 0 Å². The molecule has 0 radical (unpaired) electrons. The van der Waals surface area contributed by atoms with Crippen LogP contribution in [-0.2, 0) is 18.3 Å². The number of aromatic nitrogens is 2. The lowest BCUT2D eigenvalue weighted by Gasteiger charge is -2.20. The number of imidazole rings is 1. The van der Waals surface area contributed by atoms with Crippen LogP contribution in [-0.4, -0.2) is 9.97 Å². The number of aryl methyl sites for hydroxylation is 1. The van der Waals surface area contributed by atoms with Crippen molar-refractivity contribution in [2.45, 2.75) is 51.4 Å². The fourth-order valence-corrected chi connectivity index (χ4v) is 3.04. The first-order valence-electron chi connectivity index (χ1n) is 7.15. The van der Waals surface area contributed by atoms with E-state index in [-0.39, 0.29) is 5.41 Å². The van der Waals surface area contributed by atoms with Crippen molar-refractivity contribution in [2.75, 3.05) is 0 Å². The van der Waals surface area contributed by atoms with E-state index >= 15 is 0 Å². The Morgan fingerprint density at radius 3 is 2.84 bits per heavy atom. The van der Waals surface area contributed by atoms with Crippen molar-refractivity contribution in [3.05, 3.63) is 53.1 Å². The van der Waals surface area contributed by atoms with Crippen molar-refractivity contribution in [2.24, 2.45) is 0 Å². The lowest BCUT2D eigenvalue weighted by molar-refractivity contribution is 0.589. The fourth-order valence-electron chi connectivity index (χ4n) is 3.04. The van der Waals surface area contributed by atoms with Crippen molar-refractivity contribution in [1.82, 2.24) is 9.97 Å². The van der Waals surface area contributed by atoms with E-state index in [2.05, 4.69) is 48.9 Å². The summed E-state index contributed by atoms with van der Waals surface area (Å²) in [6.07, 6.45) is 7.32. The highest BCUT2D eigenvalue weighted by Crippen LogP contribution is 2.37. The summed E-state index contributed by atoms with van der Waals surface area (Å²) in [7, 11) is 0. The standard InChI is InChI=1S/C17H22N2/c1-17(2,3)14-6-7-16-12(8-14)4-5-13(16)9-15-10-18-11-19-15/h6-8,10-11,13H,4-5,9H2,1-3H3,(H,18,19). The molecule has 0 saturated carbocycles. The average Bonchev–Trinajstić information content (AvgIpc) is 2.98. The first kappa shape index (κ1) is 12.5. The summed E-state index contributed by atoms with van der Waals surface area (Å²) >= 11 is 0. The van der Waals surface area contributed by atoms with Gasteiger partial charge in [-0.1, -0.05) is 39.0 Å². The SMILES string of the molecule is CC(C)(C)c1ccc2c(c1)CCC2Cc1c[nH]cn1. The molecule has 100 valence electrons. The summed E-state index contributed by atoms with van der Waals surface area (Å²) in [4.78, 5) is 7.40. The van der Waals surface area contributed by atoms with Crippen molar-refractivity contribution in [3.63, 3.8) is 0 Å². The number of fused-ring (bicyclic) bond motifs is 1. The minimum Gasteiger partial charge on any atom is -0.351 e. The molecule has 1 aromatic carbocycles. The molecule has 0 aliphatic heterocycles. The molecule has 19 heavy (non-hydrogen) atoms. The van der Waals surface area contributed by atoms with E-state index in [1.807, 2.05) is 6.20 Å². The molecule has 0 spiro atoms. The van der Waals surface area contributed by atoms with Crippen LogP contribution in [0.3, 0.4) is 0 Å². The Hall–Kier alpha value is -1.57. The Balaban J connectivity index is 1.85. The van der Waals surface area contributed by atoms with Crippen molar-refractivity contribution < 1.29 is 0 Å². The number of rotatable bonds is 2. The number of hydrogen-bond donors (Lipinski definition) is 1. The molecule has 1 aromatic heterocycles. The van der Waals surface area contributed by atoms with E-state index < -0.39 is 0 Å². The lowest BCUT2D eigenvalue weighted by atomic mass is 9.85. The molecular formula is C17H22N2. The smallest absolute Gasteiger partial charge is 0.0923 e. The van der Waals surface area contributed by atoms with Crippen LogP contribution in [0, 0.1) is 0 Å². The van der Waals surface area contributed by atoms with E-state index in [1.54, 1.807) is 11.9 Å². The average molecular weight is 254 g/mol.